The van der Waals surface area contributed by atoms with E-state index in [2.05, 4.69) is 4.90 Å². The van der Waals surface area contributed by atoms with Crippen LogP contribution < -0.4 is 0 Å². The lowest BCUT2D eigenvalue weighted by molar-refractivity contribution is -0.126. The van der Waals surface area contributed by atoms with Crippen LogP contribution in [-0.2, 0) is 4.79 Å². The summed E-state index contributed by atoms with van der Waals surface area (Å²) in [5.74, 6) is 0.158. The lowest BCUT2D eigenvalue weighted by Crippen LogP contribution is -2.39. The lowest BCUT2D eigenvalue weighted by Gasteiger charge is -2.34. The van der Waals surface area contributed by atoms with Gasteiger partial charge in [0.1, 0.15) is 5.82 Å². The minimum atomic E-state index is -0.353. The number of hydrogen-bond acceptors (Lipinski definition) is 2. The largest absolute Gasteiger partial charge is 0.297 e. The number of rotatable bonds is 4. The molecule has 1 saturated carbocycles. The highest BCUT2D eigenvalue weighted by molar-refractivity contribution is 5.89. The van der Waals surface area contributed by atoms with Gasteiger partial charge in [0.15, 0.2) is 5.78 Å². The Bertz CT molecular complexity index is 464. The second-order valence-corrected chi connectivity index (χ2v) is 5.70. The van der Waals surface area contributed by atoms with Crippen LogP contribution in [0.3, 0.4) is 0 Å². The summed E-state index contributed by atoms with van der Waals surface area (Å²) in [7, 11) is 0. The molecule has 1 aliphatic carbocycles. The zero-order chi connectivity index (χ0) is 13.2. The summed E-state index contributed by atoms with van der Waals surface area (Å²) in [6.45, 7) is 1.83. The van der Waals surface area contributed by atoms with Crippen molar-refractivity contribution < 1.29 is 9.18 Å². The van der Waals surface area contributed by atoms with Crippen LogP contribution in [0.5, 0.6) is 0 Å². The van der Waals surface area contributed by atoms with Crippen molar-refractivity contribution in [3.63, 3.8) is 0 Å². The highest BCUT2D eigenvalue weighted by atomic mass is 19.1. The second-order valence-electron chi connectivity index (χ2n) is 5.70. The Balaban J connectivity index is 1.91. The van der Waals surface area contributed by atoms with Gasteiger partial charge in [0.05, 0.1) is 6.04 Å². The van der Waals surface area contributed by atoms with Gasteiger partial charge in [-0.1, -0.05) is 24.6 Å². The van der Waals surface area contributed by atoms with E-state index in [4.69, 9.17) is 0 Å². The highest BCUT2D eigenvalue weighted by Crippen LogP contribution is 2.38. The maximum Gasteiger partial charge on any atom is 0.157 e. The van der Waals surface area contributed by atoms with Gasteiger partial charge in [-0.2, -0.15) is 0 Å². The molecular formula is C16H20FNO. The Hall–Kier alpha value is -1.22. The van der Waals surface area contributed by atoms with Crippen molar-refractivity contribution in [2.24, 2.45) is 5.92 Å². The van der Waals surface area contributed by atoms with Crippen molar-refractivity contribution in [2.75, 3.05) is 13.1 Å². The number of piperidine rings is 1. The van der Waals surface area contributed by atoms with Crippen LogP contribution in [0, 0.1) is 11.7 Å². The highest BCUT2D eigenvalue weighted by Gasteiger charge is 2.39. The van der Waals surface area contributed by atoms with E-state index in [9.17, 15) is 9.18 Å². The molecule has 1 saturated heterocycles. The SMILES string of the molecule is O=C(C1CC1)[C@@H](c1ccccc1F)N1CCCCC1. The predicted octanol–water partition coefficient (Wildman–Crippen LogP) is 3.33. The van der Waals surface area contributed by atoms with Crippen LogP contribution in [0.25, 0.3) is 0 Å². The molecule has 0 amide bonds. The smallest absolute Gasteiger partial charge is 0.157 e. The van der Waals surface area contributed by atoms with Gasteiger partial charge in [-0.05, 0) is 44.8 Å². The summed E-state index contributed by atoms with van der Waals surface area (Å²) < 4.78 is 14.1. The molecule has 1 aromatic rings. The van der Waals surface area contributed by atoms with Crippen LogP contribution in [0.1, 0.15) is 43.7 Å². The summed E-state index contributed by atoms with van der Waals surface area (Å²) >= 11 is 0. The van der Waals surface area contributed by atoms with Gasteiger partial charge in [-0.3, -0.25) is 9.69 Å². The van der Waals surface area contributed by atoms with Gasteiger partial charge in [0.2, 0.25) is 0 Å². The molecule has 0 unspecified atom stereocenters. The normalized spacial score (nSPS) is 22.2. The van der Waals surface area contributed by atoms with E-state index in [1.54, 1.807) is 12.1 Å². The van der Waals surface area contributed by atoms with Crippen LogP contribution in [0.15, 0.2) is 24.3 Å². The molecule has 0 spiro atoms. The molecule has 3 heteroatoms. The molecule has 0 bridgehead atoms. The van der Waals surface area contributed by atoms with Gasteiger partial charge in [0, 0.05) is 11.5 Å². The number of carbonyl (C=O) groups excluding carboxylic acids is 1. The Labute approximate surface area is 113 Å². The third-order valence-corrected chi connectivity index (χ3v) is 4.20. The molecule has 1 heterocycles. The number of Topliss-reactive ketones (excluding diaryl/α,β-unsaturated/α-hetero) is 1. The molecule has 19 heavy (non-hydrogen) atoms. The van der Waals surface area contributed by atoms with Crippen molar-refractivity contribution in [1.29, 1.82) is 0 Å². The van der Waals surface area contributed by atoms with E-state index in [0.29, 0.717) is 5.56 Å². The minimum absolute atomic E-state index is 0.173. The van der Waals surface area contributed by atoms with Crippen molar-refractivity contribution in [2.45, 2.75) is 38.1 Å². The van der Waals surface area contributed by atoms with E-state index < -0.39 is 0 Å². The van der Waals surface area contributed by atoms with Crippen molar-refractivity contribution in [1.82, 2.24) is 4.90 Å². The molecule has 2 fully saturated rings. The van der Waals surface area contributed by atoms with Crippen molar-refractivity contribution >= 4 is 5.78 Å². The van der Waals surface area contributed by atoms with Gasteiger partial charge >= 0.3 is 0 Å². The van der Waals surface area contributed by atoms with Crippen LogP contribution in [0.4, 0.5) is 4.39 Å². The molecule has 2 nitrogen and oxygen atoms in total. The second kappa shape index (κ2) is 5.41. The topological polar surface area (TPSA) is 20.3 Å². The van der Waals surface area contributed by atoms with Crippen molar-refractivity contribution in [3.8, 4) is 0 Å². The Morgan fingerprint density at radius 2 is 1.84 bits per heavy atom. The first kappa shape index (κ1) is 12.8. The molecule has 1 aromatic carbocycles. The molecule has 0 N–H and O–H groups in total. The van der Waals surface area contributed by atoms with Gasteiger partial charge in [-0.25, -0.2) is 4.39 Å². The van der Waals surface area contributed by atoms with E-state index >= 15 is 0 Å². The zero-order valence-corrected chi connectivity index (χ0v) is 11.1. The van der Waals surface area contributed by atoms with E-state index in [0.717, 1.165) is 38.8 Å². The maximum absolute atomic E-state index is 14.1. The van der Waals surface area contributed by atoms with Gasteiger partial charge < -0.3 is 0 Å². The Morgan fingerprint density at radius 1 is 1.16 bits per heavy atom. The lowest BCUT2D eigenvalue weighted by atomic mass is 9.95. The minimum Gasteiger partial charge on any atom is -0.297 e. The predicted molar refractivity (Wildman–Crippen MR) is 72.3 cm³/mol. The average Bonchev–Trinajstić information content (AvgIpc) is 3.27. The number of nitrogens with zero attached hydrogens (tertiary/aromatic N) is 1. The molecule has 1 atom stereocenters. The first-order chi connectivity index (χ1) is 9.27. The molecule has 2 aliphatic rings. The monoisotopic (exact) mass is 261 g/mol. The van der Waals surface area contributed by atoms with E-state index in [1.165, 1.54) is 12.5 Å². The average molecular weight is 261 g/mol. The fraction of sp³-hybridized carbons (Fsp3) is 0.562. The standard InChI is InChI=1S/C16H20FNO/c17-14-7-3-2-6-13(14)15(16(19)12-8-9-12)18-10-4-1-5-11-18/h2-3,6-7,12,15H,1,4-5,8-11H2/t15-/m1/s1. The quantitative estimate of drug-likeness (QED) is 0.828. The first-order valence-electron chi connectivity index (χ1n) is 7.29. The fourth-order valence-electron chi connectivity index (χ4n) is 2.99. The molecule has 3 rings (SSSR count). The third kappa shape index (κ3) is 2.71. The van der Waals surface area contributed by atoms with Gasteiger partial charge in [-0.15, -0.1) is 0 Å². The summed E-state index contributed by atoms with van der Waals surface area (Å²) in [5.41, 5.74) is 0.571. The van der Waals surface area contributed by atoms with Crippen LogP contribution in [-0.4, -0.2) is 23.8 Å². The number of likely N-dealkylation sites (tertiary alicyclic amines) is 1. The number of hydrogen-bond donors (Lipinski definition) is 0. The molecule has 1 aliphatic heterocycles. The number of halogens is 1. The molecule has 0 aromatic heterocycles. The number of ketones is 1. The maximum atomic E-state index is 14.1. The molecule has 102 valence electrons. The van der Waals surface area contributed by atoms with E-state index in [1.807, 2.05) is 6.07 Å². The number of carbonyl (C=O) groups is 1. The van der Waals surface area contributed by atoms with Gasteiger partial charge in [0.25, 0.3) is 0 Å². The molecular weight excluding hydrogens is 241 g/mol. The Morgan fingerprint density at radius 3 is 2.47 bits per heavy atom. The zero-order valence-electron chi connectivity index (χ0n) is 11.1. The summed E-state index contributed by atoms with van der Waals surface area (Å²) in [4.78, 5) is 14.7. The van der Waals surface area contributed by atoms with Crippen molar-refractivity contribution in [3.05, 3.63) is 35.6 Å². The van der Waals surface area contributed by atoms with E-state index in [-0.39, 0.29) is 23.6 Å². The third-order valence-electron chi connectivity index (χ3n) is 4.20. The molecule has 0 radical (unpaired) electrons. The summed E-state index contributed by atoms with van der Waals surface area (Å²) in [5, 5.41) is 0. The number of benzene rings is 1. The Kier molecular flexibility index (Phi) is 3.65. The summed E-state index contributed by atoms with van der Waals surface area (Å²) in [6.07, 6.45) is 5.42. The fourth-order valence-corrected chi connectivity index (χ4v) is 2.99. The van der Waals surface area contributed by atoms with Crippen LogP contribution in [0.2, 0.25) is 0 Å². The first-order valence-corrected chi connectivity index (χ1v) is 7.29. The van der Waals surface area contributed by atoms with Crippen LogP contribution >= 0.6 is 0 Å². The summed E-state index contributed by atoms with van der Waals surface area (Å²) in [6, 6.07) is 6.40.